The van der Waals surface area contributed by atoms with Crippen LogP contribution in [0.1, 0.15) is 24.5 Å². The normalized spacial score (nSPS) is 17.9. The van der Waals surface area contributed by atoms with Crippen LogP contribution < -0.4 is 10.2 Å². The molecule has 1 saturated heterocycles. The Morgan fingerprint density at radius 3 is 2.63 bits per heavy atom. The number of para-hydroxylation sites is 1. The monoisotopic (exact) mass is 364 g/mol. The molecule has 1 fully saturated rings. The number of nitrogens with one attached hydrogen (secondary N) is 1. The molecule has 138 valence electrons. The van der Waals surface area contributed by atoms with E-state index in [0.29, 0.717) is 24.4 Å². The maximum Gasteiger partial charge on any atom is 0.335 e. The van der Waals surface area contributed by atoms with Gasteiger partial charge in [-0.15, -0.1) is 0 Å². The number of pyridine rings is 1. The average molecular weight is 364 g/mol. The summed E-state index contributed by atoms with van der Waals surface area (Å²) < 4.78 is 0. The number of nitrogens with zero attached hydrogens (tertiary/aromatic N) is 3. The van der Waals surface area contributed by atoms with Crippen molar-refractivity contribution in [3.05, 3.63) is 59.9 Å². The first-order valence-electron chi connectivity index (χ1n) is 8.69. The maximum absolute atomic E-state index is 13.1. The molecule has 1 aromatic carbocycles. The van der Waals surface area contributed by atoms with Crippen molar-refractivity contribution in [1.82, 2.24) is 10.3 Å². The summed E-state index contributed by atoms with van der Waals surface area (Å²) in [6.07, 6.45) is 3.76. The highest BCUT2D eigenvalue weighted by Gasteiger charge is 2.43. The average Bonchev–Trinajstić information content (AvgIpc) is 2.66. The SMILES string of the molecule is CCC(=NCc1cccnc1)C1C(=O)NC(=O)N(c2ccccc2C)C1=O. The van der Waals surface area contributed by atoms with Gasteiger partial charge in [-0.3, -0.25) is 24.9 Å². The zero-order valence-corrected chi connectivity index (χ0v) is 15.2. The third-order valence-corrected chi connectivity index (χ3v) is 4.40. The van der Waals surface area contributed by atoms with Gasteiger partial charge in [-0.2, -0.15) is 0 Å². The zero-order chi connectivity index (χ0) is 19.4. The number of hydrogen-bond donors (Lipinski definition) is 1. The molecule has 2 heterocycles. The molecule has 0 aliphatic carbocycles. The summed E-state index contributed by atoms with van der Waals surface area (Å²) in [6, 6.07) is 9.98. The van der Waals surface area contributed by atoms with Gasteiger partial charge < -0.3 is 0 Å². The Morgan fingerprint density at radius 1 is 1.19 bits per heavy atom. The number of amides is 4. The van der Waals surface area contributed by atoms with E-state index in [1.807, 2.05) is 19.1 Å². The summed E-state index contributed by atoms with van der Waals surface area (Å²) in [5, 5.41) is 2.28. The van der Waals surface area contributed by atoms with Crippen LogP contribution in [0.3, 0.4) is 0 Å². The maximum atomic E-state index is 13.1. The topological polar surface area (TPSA) is 91.7 Å². The van der Waals surface area contributed by atoms with Crippen molar-refractivity contribution in [1.29, 1.82) is 0 Å². The standard InChI is InChI=1S/C20H20N4O3/c1-3-15(22-12-14-8-6-10-21-11-14)17-18(25)23-20(27)24(19(17)26)16-9-5-4-7-13(16)2/h4-11,17H,3,12H2,1-2H3,(H,23,25,27). The third kappa shape index (κ3) is 3.76. The number of urea groups is 1. The van der Waals surface area contributed by atoms with Gasteiger partial charge in [0, 0.05) is 18.1 Å². The fourth-order valence-electron chi connectivity index (χ4n) is 3.00. The van der Waals surface area contributed by atoms with Crippen LogP contribution in [-0.2, 0) is 16.1 Å². The zero-order valence-electron chi connectivity index (χ0n) is 15.2. The Balaban J connectivity index is 1.93. The molecule has 1 N–H and O–H groups in total. The quantitative estimate of drug-likeness (QED) is 0.652. The molecule has 2 aromatic rings. The van der Waals surface area contributed by atoms with E-state index in [1.165, 1.54) is 0 Å². The van der Waals surface area contributed by atoms with E-state index in [9.17, 15) is 14.4 Å². The van der Waals surface area contributed by atoms with Crippen molar-refractivity contribution in [3.63, 3.8) is 0 Å². The molecule has 1 aliphatic rings. The molecule has 1 unspecified atom stereocenters. The van der Waals surface area contributed by atoms with Crippen LogP contribution in [0.15, 0.2) is 53.8 Å². The predicted octanol–water partition coefficient (Wildman–Crippen LogP) is 2.64. The van der Waals surface area contributed by atoms with Gasteiger partial charge in [0.2, 0.25) is 5.91 Å². The van der Waals surface area contributed by atoms with Crippen LogP contribution in [0.25, 0.3) is 0 Å². The van der Waals surface area contributed by atoms with Crippen molar-refractivity contribution in [2.75, 3.05) is 4.90 Å². The lowest BCUT2D eigenvalue weighted by Crippen LogP contribution is -2.60. The summed E-state index contributed by atoms with van der Waals surface area (Å²) in [7, 11) is 0. The lowest BCUT2D eigenvalue weighted by atomic mass is 9.95. The highest BCUT2D eigenvalue weighted by molar-refractivity contribution is 6.35. The van der Waals surface area contributed by atoms with Crippen molar-refractivity contribution in [2.24, 2.45) is 10.9 Å². The summed E-state index contributed by atoms with van der Waals surface area (Å²) in [6.45, 7) is 3.95. The van der Waals surface area contributed by atoms with E-state index in [-0.39, 0.29) is 0 Å². The largest absolute Gasteiger partial charge is 0.335 e. The summed E-state index contributed by atoms with van der Waals surface area (Å²) in [5.41, 5.74) is 2.53. The molecule has 27 heavy (non-hydrogen) atoms. The number of carbonyl (C=O) groups excluding carboxylic acids is 3. The first-order chi connectivity index (χ1) is 13.0. The van der Waals surface area contributed by atoms with Crippen LogP contribution >= 0.6 is 0 Å². The van der Waals surface area contributed by atoms with Crippen LogP contribution in [0, 0.1) is 12.8 Å². The van der Waals surface area contributed by atoms with Gasteiger partial charge in [0.15, 0.2) is 5.92 Å². The van der Waals surface area contributed by atoms with E-state index in [0.717, 1.165) is 16.0 Å². The Labute approximate surface area is 157 Å². The smallest absolute Gasteiger partial charge is 0.288 e. The summed E-state index contributed by atoms with van der Waals surface area (Å²) in [4.78, 5) is 47.3. The number of aromatic nitrogens is 1. The number of benzene rings is 1. The first kappa shape index (κ1) is 18.4. The van der Waals surface area contributed by atoms with E-state index in [2.05, 4.69) is 15.3 Å². The minimum atomic E-state index is -1.12. The highest BCUT2D eigenvalue weighted by Crippen LogP contribution is 2.25. The minimum Gasteiger partial charge on any atom is -0.288 e. The van der Waals surface area contributed by atoms with Gasteiger partial charge in [-0.1, -0.05) is 31.2 Å². The Bertz CT molecular complexity index is 908. The van der Waals surface area contributed by atoms with Crippen LogP contribution in [0.4, 0.5) is 10.5 Å². The van der Waals surface area contributed by atoms with Crippen molar-refractivity contribution in [2.45, 2.75) is 26.8 Å². The Morgan fingerprint density at radius 2 is 1.96 bits per heavy atom. The molecule has 7 nitrogen and oxygen atoms in total. The first-order valence-corrected chi connectivity index (χ1v) is 8.69. The number of rotatable bonds is 5. The van der Waals surface area contributed by atoms with Crippen molar-refractivity contribution in [3.8, 4) is 0 Å². The van der Waals surface area contributed by atoms with E-state index in [4.69, 9.17) is 0 Å². The number of carbonyl (C=O) groups is 3. The number of hydrogen-bond acceptors (Lipinski definition) is 5. The molecule has 7 heteroatoms. The Hall–Kier alpha value is -3.35. The van der Waals surface area contributed by atoms with Crippen molar-refractivity contribution < 1.29 is 14.4 Å². The van der Waals surface area contributed by atoms with Crippen LogP contribution in [0.5, 0.6) is 0 Å². The lowest BCUT2D eigenvalue weighted by Gasteiger charge is -2.31. The van der Waals surface area contributed by atoms with Crippen molar-refractivity contribution >= 4 is 29.2 Å². The van der Waals surface area contributed by atoms with E-state index >= 15 is 0 Å². The van der Waals surface area contributed by atoms with Gasteiger partial charge in [0.25, 0.3) is 5.91 Å². The fraction of sp³-hybridized carbons (Fsp3) is 0.250. The molecule has 0 spiro atoms. The second-order valence-corrected chi connectivity index (χ2v) is 6.21. The molecule has 0 radical (unpaired) electrons. The van der Waals surface area contributed by atoms with Gasteiger partial charge in [0.1, 0.15) is 0 Å². The van der Waals surface area contributed by atoms with Crippen LogP contribution in [0.2, 0.25) is 0 Å². The number of imide groups is 2. The molecule has 1 aliphatic heterocycles. The van der Waals surface area contributed by atoms with E-state index < -0.39 is 23.8 Å². The summed E-state index contributed by atoms with van der Waals surface area (Å²) >= 11 is 0. The number of barbiturate groups is 1. The van der Waals surface area contributed by atoms with E-state index in [1.54, 1.807) is 43.6 Å². The molecule has 3 rings (SSSR count). The number of aryl methyl sites for hydroxylation is 1. The molecule has 0 saturated carbocycles. The van der Waals surface area contributed by atoms with Gasteiger partial charge in [0.05, 0.1) is 12.2 Å². The lowest BCUT2D eigenvalue weighted by molar-refractivity contribution is -0.131. The van der Waals surface area contributed by atoms with Gasteiger partial charge in [-0.05, 0) is 36.6 Å². The third-order valence-electron chi connectivity index (χ3n) is 4.40. The molecule has 1 aromatic heterocycles. The molecule has 4 amide bonds. The number of anilines is 1. The second-order valence-electron chi connectivity index (χ2n) is 6.21. The van der Waals surface area contributed by atoms with Crippen LogP contribution in [-0.4, -0.2) is 28.5 Å². The molecular weight excluding hydrogens is 344 g/mol. The highest BCUT2D eigenvalue weighted by atomic mass is 16.2. The molecule has 1 atom stereocenters. The fourth-order valence-corrected chi connectivity index (χ4v) is 3.00. The molecular formula is C20H20N4O3. The number of aliphatic imine (C=N–C) groups is 1. The second kappa shape index (κ2) is 7.90. The minimum absolute atomic E-state index is 0.312. The van der Waals surface area contributed by atoms with Gasteiger partial charge >= 0.3 is 6.03 Å². The molecule has 0 bridgehead atoms. The Kier molecular flexibility index (Phi) is 5.40. The van der Waals surface area contributed by atoms with Gasteiger partial charge in [-0.25, -0.2) is 9.69 Å². The predicted molar refractivity (Wildman–Crippen MR) is 101 cm³/mol. The summed E-state index contributed by atoms with van der Waals surface area (Å²) in [5.74, 6) is -2.34.